The van der Waals surface area contributed by atoms with Gasteiger partial charge in [0.2, 0.25) is 10.0 Å². The lowest BCUT2D eigenvalue weighted by atomic mass is 10.3. The summed E-state index contributed by atoms with van der Waals surface area (Å²) >= 11 is 11.7. The first kappa shape index (κ1) is 16.1. The summed E-state index contributed by atoms with van der Waals surface area (Å²) in [6.07, 6.45) is 0.0895. The quantitative estimate of drug-likeness (QED) is 0.863. The molecule has 0 radical (unpaired) electrons. The highest BCUT2D eigenvalue weighted by atomic mass is 35.5. The van der Waals surface area contributed by atoms with Crippen LogP contribution in [0.1, 0.15) is 13.3 Å². The number of sulfonamides is 1. The number of nitrogens with zero attached hydrogens (tertiary/aromatic N) is 2. The third-order valence-electron chi connectivity index (χ3n) is 2.74. The number of benzene rings is 1. The first-order valence-electron chi connectivity index (χ1n) is 5.31. The van der Waals surface area contributed by atoms with Gasteiger partial charge in [0.05, 0.1) is 33.1 Å². The average molecular weight is 322 g/mol. The van der Waals surface area contributed by atoms with E-state index in [2.05, 4.69) is 0 Å². The van der Waals surface area contributed by atoms with Gasteiger partial charge in [-0.1, -0.05) is 23.2 Å². The Kier molecular flexibility index (Phi) is 5.04. The van der Waals surface area contributed by atoms with Gasteiger partial charge in [0.1, 0.15) is 0 Å². The number of hydrogen-bond donors (Lipinski definition) is 1. The lowest BCUT2D eigenvalue weighted by molar-refractivity contribution is 0.393. The Morgan fingerprint density at radius 1 is 1.42 bits per heavy atom. The molecule has 1 atom stereocenters. The molecule has 0 spiro atoms. The lowest BCUT2D eigenvalue weighted by Gasteiger charge is -2.22. The Hall–Kier alpha value is -1.00. The van der Waals surface area contributed by atoms with Crippen LogP contribution in [0.3, 0.4) is 0 Å². The molecule has 0 saturated carbocycles. The minimum absolute atomic E-state index is 0.0519. The van der Waals surface area contributed by atoms with Gasteiger partial charge in [-0.3, -0.25) is 0 Å². The summed E-state index contributed by atoms with van der Waals surface area (Å²) in [5.74, 6) is 0. The van der Waals surface area contributed by atoms with E-state index in [4.69, 9.17) is 34.2 Å². The van der Waals surface area contributed by atoms with Crippen LogP contribution in [0.15, 0.2) is 17.0 Å². The zero-order valence-electron chi connectivity index (χ0n) is 10.4. The molecule has 1 unspecified atom stereocenters. The fourth-order valence-corrected chi connectivity index (χ4v) is 3.40. The standard InChI is InChI=1S/C11H13Cl2N3O2S/c1-7(3-4-14)16(2)19(17,18)8-5-9(12)11(15)10(13)6-8/h5-7H,3,15H2,1-2H3. The van der Waals surface area contributed by atoms with Gasteiger partial charge in [-0.05, 0) is 19.1 Å². The maximum absolute atomic E-state index is 12.3. The minimum Gasteiger partial charge on any atom is -0.396 e. The SMILES string of the molecule is CC(CC#N)N(C)S(=O)(=O)c1cc(Cl)c(N)c(Cl)c1. The number of nitrogen functional groups attached to an aromatic ring is 1. The van der Waals surface area contributed by atoms with Gasteiger partial charge in [0.15, 0.2) is 0 Å². The van der Waals surface area contributed by atoms with E-state index < -0.39 is 16.1 Å². The van der Waals surface area contributed by atoms with Gasteiger partial charge < -0.3 is 5.73 Å². The van der Waals surface area contributed by atoms with Crippen molar-refractivity contribution in [1.82, 2.24) is 4.31 Å². The molecule has 0 aliphatic carbocycles. The Morgan fingerprint density at radius 3 is 2.32 bits per heavy atom. The number of nitrogens with two attached hydrogens (primary N) is 1. The van der Waals surface area contributed by atoms with E-state index in [0.717, 1.165) is 4.31 Å². The van der Waals surface area contributed by atoms with Crippen LogP contribution in [0.4, 0.5) is 5.69 Å². The molecule has 8 heteroatoms. The van der Waals surface area contributed by atoms with E-state index in [-0.39, 0.29) is 27.0 Å². The van der Waals surface area contributed by atoms with Crippen LogP contribution in [-0.2, 0) is 10.0 Å². The summed E-state index contributed by atoms with van der Waals surface area (Å²) < 4.78 is 25.8. The number of hydrogen-bond acceptors (Lipinski definition) is 4. The van der Waals surface area contributed by atoms with Gasteiger partial charge in [0, 0.05) is 13.1 Å². The van der Waals surface area contributed by atoms with E-state index in [1.165, 1.54) is 19.2 Å². The van der Waals surface area contributed by atoms with Crippen molar-refractivity contribution >= 4 is 38.9 Å². The highest BCUT2D eigenvalue weighted by molar-refractivity contribution is 7.89. The summed E-state index contributed by atoms with van der Waals surface area (Å²) in [5.41, 5.74) is 5.70. The molecule has 0 saturated heterocycles. The number of nitriles is 1. The molecule has 5 nitrogen and oxygen atoms in total. The predicted molar refractivity (Wildman–Crippen MR) is 75.5 cm³/mol. The van der Waals surface area contributed by atoms with Crippen LogP contribution in [0.25, 0.3) is 0 Å². The smallest absolute Gasteiger partial charge is 0.243 e. The van der Waals surface area contributed by atoms with Crippen LogP contribution in [0, 0.1) is 11.3 Å². The molecule has 0 aliphatic rings. The molecule has 0 heterocycles. The first-order chi connectivity index (χ1) is 8.71. The maximum atomic E-state index is 12.3. The van der Waals surface area contributed by atoms with Crippen LogP contribution in [0.5, 0.6) is 0 Å². The summed E-state index contributed by atoms with van der Waals surface area (Å²) in [4.78, 5) is -0.0519. The Bertz CT molecular complexity index is 602. The number of rotatable bonds is 4. The molecule has 2 N–H and O–H groups in total. The Labute approximate surface area is 122 Å². The Morgan fingerprint density at radius 2 is 1.89 bits per heavy atom. The van der Waals surface area contributed by atoms with Crippen molar-refractivity contribution in [2.45, 2.75) is 24.3 Å². The van der Waals surface area contributed by atoms with E-state index in [1.807, 2.05) is 6.07 Å². The monoisotopic (exact) mass is 321 g/mol. The van der Waals surface area contributed by atoms with Crippen LogP contribution in [-0.4, -0.2) is 25.8 Å². The first-order valence-corrected chi connectivity index (χ1v) is 7.51. The Balaban J connectivity index is 3.25. The molecule has 0 fully saturated rings. The zero-order chi connectivity index (χ0) is 14.8. The number of anilines is 1. The minimum atomic E-state index is -3.76. The fraction of sp³-hybridized carbons (Fsp3) is 0.364. The van der Waals surface area contributed by atoms with Crippen LogP contribution >= 0.6 is 23.2 Å². The van der Waals surface area contributed by atoms with Crippen molar-refractivity contribution in [3.63, 3.8) is 0 Å². The van der Waals surface area contributed by atoms with Gasteiger partial charge in [-0.25, -0.2) is 8.42 Å². The molecule has 0 aromatic heterocycles. The van der Waals surface area contributed by atoms with Gasteiger partial charge in [0.25, 0.3) is 0 Å². The topological polar surface area (TPSA) is 87.2 Å². The van der Waals surface area contributed by atoms with Gasteiger partial charge >= 0.3 is 0 Å². The highest BCUT2D eigenvalue weighted by Crippen LogP contribution is 2.32. The van der Waals surface area contributed by atoms with E-state index in [1.54, 1.807) is 6.92 Å². The third kappa shape index (κ3) is 3.31. The van der Waals surface area contributed by atoms with Crippen molar-refractivity contribution < 1.29 is 8.42 Å². The van der Waals surface area contributed by atoms with Crippen LogP contribution in [0.2, 0.25) is 10.0 Å². The van der Waals surface area contributed by atoms with Gasteiger partial charge in [-0.2, -0.15) is 9.57 Å². The number of halogens is 2. The van der Waals surface area contributed by atoms with Crippen molar-refractivity contribution in [2.24, 2.45) is 0 Å². The zero-order valence-corrected chi connectivity index (χ0v) is 12.7. The molecule has 0 aliphatic heterocycles. The molecular formula is C11H13Cl2N3O2S. The predicted octanol–water partition coefficient (Wildman–Crippen LogP) is 2.50. The second kappa shape index (κ2) is 5.97. The molecule has 19 heavy (non-hydrogen) atoms. The third-order valence-corrected chi connectivity index (χ3v) is 5.31. The molecule has 0 amide bonds. The fourth-order valence-electron chi connectivity index (χ4n) is 1.37. The molecule has 1 aromatic carbocycles. The lowest BCUT2D eigenvalue weighted by Crippen LogP contribution is -2.34. The summed E-state index contributed by atoms with van der Waals surface area (Å²) in [6.45, 7) is 1.64. The normalized spacial score (nSPS) is 13.3. The van der Waals surface area contributed by atoms with E-state index in [9.17, 15) is 8.42 Å². The van der Waals surface area contributed by atoms with Crippen molar-refractivity contribution in [3.8, 4) is 6.07 Å². The molecule has 1 rings (SSSR count). The largest absolute Gasteiger partial charge is 0.396 e. The summed E-state index contributed by atoms with van der Waals surface area (Å²) in [7, 11) is -2.37. The molecular weight excluding hydrogens is 309 g/mol. The molecule has 1 aromatic rings. The average Bonchev–Trinajstić information content (AvgIpc) is 2.34. The highest BCUT2D eigenvalue weighted by Gasteiger charge is 2.26. The van der Waals surface area contributed by atoms with Crippen molar-refractivity contribution in [3.05, 3.63) is 22.2 Å². The van der Waals surface area contributed by atoms with Crippen molar-refractivity contribution in [1.29, 1.82) is 5.26 Å². The van der Waals surface area contributed by atoms with E-state index in [0.29, 0.717) is 0 Å². The van der Waals surface area contributed by atoms with Crippen molar-refractivity contribution in [2.75, 3.05) is 12.8 Å². The van der Waals surface area contributed by atoms with Gasteiger partial charge in [-0.15, -0.1) is 0 Å². The summed E-state index contributed by atoms with van der Waals surface area (Å²) in [6, 6.07) is 3.96. The molecule has 104 valence electrons. The maximum Gasteiger partial charge on any atom is 0.243 e. The second-order valence-electron chi connectivity index (χ2n) is 4.03. The molecule has 0 bridgehead atoms. The van der Waals surface area contributed by atoms with Crippen LogP contribution < -0.4 is 5.73 Å². The van der Waals surface area contributed by atoms with E-state index >= 15 is 0 Å². The second-order valence-corrected chi connectivity index (χ2v) is 6.85. The summed E-state index contributed by atoms with van der Waals surface area (Å²) in [5, 5.41) is 8.77.